The third kappa shape index (κ3) is 3.26. The van der Waals surface area contributed by atoms with Gasteiger partial charge in [-0.1, -0.05) is 0 Å². The summed E-state index contributed by atoms with van der Waals surface area (Å²) in [5.74, 6) is 0.664. The average Bonchev–Trinajstić information content (AvgIpc) is 2.20. The van der Waals surface area contributed by atoms with E-state index >= 15 is 0 Å². The topological polar surface area (TPSA) is 38.7 Å². The minimum absolute atomic E-state index is 0.476. The molecule has 0 spiro atoms. The summed E-state index contributed by atoms with van der Waals surface area (Å²) in [7, 11) is -2.96. The molecule has 0 bridgehead atoms. The van der Waals surface area contributed by atoms with E-state index in [2.05, 4.69) is 0 Å². The SMILES string of the molecule is CCO[PH](O)(CC)Oc1ccccc1. The average molecular weight is 216 g/mol. The molecule has 1 N–H and O–H groups in total. The fourth-order valence-corrected chi connectivity index (χ4v) is 2.46. The van der Waals surface area contributed by atoms with Gasteiger partial charge in [-0.15, -0.1) is 0 Å². The fourth-order valence-electron chi connectivity index (χ4n) is 1.10. The molecule has 0 aliphatic rings. The molecule has 0 saturated heterocycles. The van der Waals surface area contributed by atoms with E-state index in [9.17, 15) is 4.89 Å². The van der Waals surface area contributed by atoms with Crippen molar-refractivity contribution >= 4 is 7.94 Å². The van der Waals surface area contributed by atoms with Crippen molar-refractivity contribution < 1.29 is 13.9 Å². The van der Waals surface area contributed by atoms with Gasteiger partial charge in [-0.25, -0.2) is 0 Å². The van der Waals surface area contributed by atoms with E-state index in [1.807, 2.05) is 44.2 Å². The summed E-state index contributed by atoms with van der Waals surface area (Å²) in [6.07, 6.45) is 0.524. The summed E-state index contributed by atoms with van der Waals surface area (Å²) in [6, 6.07) is 9.26. The monoisotopic (exact) mass is 216 g/mol. The van der Waals surface area contributed by atoms with Gasteiger partial charge in [-0.3, -0.25) is 0 Å². The molecule has 0 atom stereocenters. The van der Waals surface area contributed by atoms with Crippen molar-refractivity contribution in [3.05, 3.63) is 30.3 Å². The van der Waals surface area contributed by atoms with Crippen LogP contribution in [0.3, 0.4) is 0 Å². The van der Waals surface area contributed by atoms with Crippen LogP contribution in [-0.2, 0) is 4.52 Å². The van der Waals surface area contributed by atoms with E-state index in [0.717, 1.165) is 0 Å². The summed E-state index contributed by atoms with van der Waals surface area (Å²) in [5, 5.41) is 0. The number of para-hydroxylation sites is 1. The van der Waals surface area contributed by atoms with E-state index in [4.69, 9.17) is 9.05 Å². The van der Waals surface area contributed by atoms with Crippen molar-refractivity contribution in [3.63, 3.8) is 0 Å². The zero-order chi connectivity index (χ0) is 10.4. The Bertz CT molecular complexity index is 265. The summed E-state index contributed by atoms with van der Waals surface area (Å²) in [4.78, 5) is 9.97. The van der Waals surface area contributed by atoms with Gasteiger partial charge in [0, 0.05) is 0 Å². The van der Waals surface area contributed by atoms with E-state index in [-0.39, 0.29) is 0 Å². The van der Waals surface area contributed by atoms with Crippen LogP contribution in [0.25, 0.3) is 0 Å². The standard InChI is InChI=1S/C10H17O3P/c1-3-12-14(11,4-2)13-10-8-6-5-7-9-10/h5-9,11,14H,3-4H2,1-2H3. The molecular formula is C10H17O3P. The minimum atomic E-state index is -2.96. The Kier molecular flexibility index (Phi) is 4.33. The first-order valence-corrected chi connectivity index (χ1v) is 6.77. The molecule has 0 heterocycles. The normalized spacial score (nSPS) is 12.5. The Morgan fingerprint density at radius 1 is 1.21 bits per heavy atom. The predicted octanol–water partition coefficient (Wildman–Crippen LogP) is 2.61. The zero-order valence-corrected chi connectivity index (χ0v) is 9.56. The molecule has 0 amide bonds. The predicted molar refractivity (Wildman–Crippen MR) is 59.8 cm³/mol. The van der Waals surface area contributed by atoms with Gasteiger partial charge >= 0.3 is 84.6 Å². The molecule has 14 heavy (non-hydrogen) atoms. The second-order valence-electron chi connectivity index (χ2n) is 2.91. The molecule has 0 unspecified atom stereocenters. The molecule has 0 radical (unpaired) electrons. The zero-order valence-electron chi connectivity index (χ0n) is 8.56. The van der Waals surface area contributed by atoms with Gasteiger partial charge in [-0.2, -0.15) is 0 Å². The molecule has 1 aromatic carbocycles. The first-order chi connectivity index (χ1) is 6.70. The second kappa shape index (κ2) is 5.30. The van der Waals surface area contributed by atoms with Crippen LogP contribution >= 0.6 is 7.94 Å². The Hall–Kier alpha value is -0.630. The fraction of sp³-hybridized carbons (Fsp3) is 0.400. The molecule has 80 valence electrons. The molecule has 4 heteroatoms. The van der Waals surface area contributed by atoms with Crippen molar-refractivity contribution in [2.24, 2.45) is 0 Å². The van der Waals surface area contributed by atoms with Gasteiger partial charge < -0.3 is 0 Å². The summed E-state index contributed by atoms with van der Waals surface area (Å²) < 4.78 is 10.7. The van der Waals surface area contributed by atoms with Crippen molar-refractivity contribution in [2.75, 3.05) is 12.8 Å². The van der Waals surface area contributed by atoms with Crippen molar-refractivity contribution in [1.29, 1.82) is 0 Å². The molecule has 0 saturated carbocycles. The molecule has 1 rings (SSSR count). The summed E-state index contributed by atoms with van der Waals surface area (Å²) in [6.45, 7) is 4.19. The van der Waals surface area contributed by atoms with Crippen molar-refractivity contribution in [3.8, 4) is 5.75 Å². The van der Waals surface area contributed by atoms with Gasteiger partial charge in [0.15, 0.2) is 0 Å². The molecular weight excluding hydrogens is 199 g/mol. The van der Waals surface area contributed by atoms with E-state index in [0.29, 0.717) is 18.5 Å². The Morgan fingerprint density at radius 2 is 1.86 bits per heavy atom. The van der Waals surface area contributed by atoms with Gasteiger partial charge in [0.2, 0.25) is 0 Å². The van der Waals surface area contributed by atoms with Crippen LogP contribution in [0.2, 0.25) is 0 Å². The molecule has 0 fully saturated rings. The maximum absolute atomic E-state index is 9.97. The number of hydrogen-bond donors (Lipinski definition) is 1. The molecule has 3 nitrogen and oxygen atoms in total. The van der Waals surface area contributed by atoms with Crippen LogP contribution in [0.5, 0.6) is 5.75 Å². The van der Waals surface area contributed by atoms with Crippen molar-refractivity contribution in [1.82, 2.24) is 0 Å². The molecule has 0 aliphatic heterocycles. The van der Waals surface area contributed by atoms with E-state index in [1.54, 1.807) is 0 Å². The first-order valence-electron chi connectivity index (χ1n) is 4.80. The van der Waals surface area contributed by atoms with Crippen LogP contribution in [0.1, 0.15) is 13.8 Å². The third-order valence-corrected chi connectivity index (χ3v) is 4.03. The van der Waals surface area contributed by atoms with Gasteiger partial charge in [0.25, 0.3) is 0 Å². The first kappa shape index (κ1) is 11.4. The second-order valence-corrected chi connectivity index (χ2v) is 5.54. The summed E-state index contributed by atoms with van der Waals surface area (Å²) in [5.41, 5.74) is 0. The van der Waals surface area contributed by atoms with Gasteiger partial charge in [-0.05, 0) is 0 Å². The molecule has 1 aromatic rings. The quantitative estimate of drug-likeness (QED) is 0.769. The van der Waals surface area contributed by atoms with E-state index < -0.39 is 7.94 Å². The van der Waals surface area contributed by atoms with Crippen molar-refractivity contribution in [2.45, 2.75) is 13.8 Å². The summed E-state index contributed by atoms with van der Waals surface area (Å²) >= 11 is 0. The van der Waals surface area contributed by atoms with Gasteiger partial charge in [0.1, 0.15) is 0 Å². The third-order valence-electron chi connectivity index (χ3n) is 1.84. The number of hydrogen-bond acceptors (Lipinski definition) is 3. The van der Waals surface area contributed by atoms with Crippen LogP contribution in [0.15, 0.2) is 30.3 Å². The Balaban J connectivity index is 2.65. The van der Waals surface area contributed by atoms with E-state index in [1.165, 1.54) is 0 Å². The number of rotatable bonds is 5. The molecule has 0 aliphatic carbocycles. The van der Waals surface area contributed by atoms with Crippen LogP contribution in [-0.4, -0.2) is 17.7 Å². The molecule has 0 aromatic heterocycles. The maximum atomic E-state index is 9.97. The van der Waals surface area contributed by atoms with Gasteiger partial charge in [0.05, 0.1) is 0 Å². The Labute approximate surface area is 85.3 Å². The number of benzene rings is 1. The van der Waals surface area contributed by atoms with Crippen LogP contribution in [0.4, 0.5) is 0 Å². The van der Waals surface area contributed by atoms with Crippen LogP contribution in [0, 0.1) is 0 Å². The van der Waals surface area contributed by atoms with Crippen LogP contribution < -0.4 is 4.52 Å². The Morgan fingerprint density at radius 3 is 2.36 bits per heavy atom.